The number of benzene rings is 1. The average Bonchev–Trinajstić information content (AvgIpc) is 3.17. The highest BCUT2D eigenvalue weighted by atomic mass is 31.1. The van der Waals surface area contributed by atoms with E-state index in [1.54, 1.807) is 0 Å². The molecule has 1 aromatic carbocycles. The molecular formula is C25H28N3P. The monoisotopic (exact) mass is 401 g/mol. The highest BCUT2D eigenvalue weighted by molar-refractivity contribution is 7.60. The van der Waals surface area contributed by atoms with Gasteiger partial charge < -0.3 is 0 Å². The van der Waals surface area contributed by atoms with Crippen molar-refractivity contribution in [2.45, 2.75) is 19.5 Å². The molecule has 0 aliphatic carbocycles. The van der Waals surface area contributed by atoms with E-state index in [4.69, 9.17) is 0 Å². The van der Waals surface area contributed by atoms with Gasteiger partial charge in [-0.05, 0) is 6.42 Å². The molecule has 1 aliphatic heterocycles. The Kier molecular flexibility index (Phi) is 7.61. The van der Waals surface area contributed by atoms with Crippen LogP contribution in [0.3, 0.4) is 0 Å². The minimum absolute atomic E-state index is 0.156. The van der Waals surface area contributed by atoms with Gasteiger partial charge in [-0.3, -0.25) is 4.57 Å². The fraction of sp³-hybridized carbons (Fsp3) is 0.160. The van der Waals surface area contributed by atoms with Crippen molar-refractivity contribution in [3.8, 4) is 11.4 Å². The number of allylic oxidation sites excluding steroid dienone is 9. The van der Waals surface area contributed by atoms with Crippen molar-refractivity contribution in [3.05, 3.63) is 104 Å². The molecule has 0 spiro atoms. The summed E-state index contributed by atoms with van der Waals surface area (Å²) in [6, 6.07) is 10.2. The second-order valence-electron chi connectivity index (χ2n) is 6.92. The Balaban J connectivity index is 1.93. The van der Waals surface area contributed by atoms with Gasteiger partial charge in [-0.2, -0.15) is 0 Å². The van der Waals surface area contributed by atoms with Crippen LogP contribution in [0.1, 0.15) is 19.2 Å². The molecule has 0 fully saturated rings. The molecule has 0 bridgehead atoms. The Bertz CT molecular complexity index is 1000. The quantitative estimate of drug-likeness (QED) is 0.279. The molecule has 148 valence electrons. The number of hydrogen-bond donors (Lipinski definition) is 0. The number of rotatable bonds is 9. The third-order valence-corrected chi connectivity index (χ3v) is 6.70. The lowest BCUT2D eigenvalue weighted by Gasteiger charge is -2.17. The molecule has 0 amide bonds. The van der Waals surface area contributed by atoms with Crippen LogP contribution >= 0.6 is 7.55 Å². The van der Waals surface area contributed by atoms with Crippen LogP contribution in [0.5, 0.6) is 0 Å². The Morgan fingerprint density at radius 3 is 2.69 bits per heavy atom. The predicted molar refractivity (Wildman–Crippen MR) is 129 cm³/mol. The molecular weight excluding hydrogens is 373 g/mol. The molecule has 4 heteroatoms. The third kappa shape index (κ3) is 5.56. The van der Waals surface area contributed by atoms with Gasteiger partial charge in [0.25, 0.3) is 0 Å². The van der Waals surface area contributed by atoms with E-state index in [9.17, 15) is 0 Å². The zero-order valence-electron chi connectivity index (χ0n) is 16.9. The molecule has 2 unspecified atom stereocenters. The van der Waals surface area contributed by atoms with Gasteiger partial charge >= 0.3 is 0 Å². The van der Waals surface area contributed by atoms with Crippen molar-refractivity contribution in [3.63, 3.8) is 0 Å². The molecule has 1 aliphatic rings. The summed E-state index contributed by atoms with van der Waals surface area (Å²) < 4.78 is 2.15. The summed E-state index contributed by atoms with van der Waals surface area (Å²) in [4.78, 5) is 0. The summed E-state index contributed by atoms with van der Waals surface area (Å²) >= 11 is 0. The van der Waals surface area contributed by atoms with Gasteiger partial charge in [-0.1, -0.05) is 112 Å². The van der Waals surface area contributed by atoms with Crippen LogP contribution < -0.4 is 0 Å². The minimum atomic E-state index is -0.771. The molecule has 0 saturated carbocycles. The van der Waals surface area contributed by atoms with Gasteiger partial charge in [0.15, 0.2) is 5.82 Å². The van der Waals surface area contributed by atoms with E-state index < -0.39 is 7.55 Å². The first kappa shape index (κ1) is 20.8. The van der Waals surface area contributed by atoms with Gasteiger partial charge in [0.1, 0.15) is 5.82 Å². The Morgan fingerprint density at radius 1 is 1.14 bits per heavy atom. The van der Waals surface area contributed by atoms with Crippen LogP contribution in [0.4, 0.5) is 0 Å². The van der Waals surface area contributed by atoms with Crippen molar-refractivity contribution in [2.75, 3.05) is 0 Å². The zero-order chi connectivity index (χ0) is 20.5. The molecule has 1 aromatic heterocycles. The average molecular weight is 401 g/mol. The summed E-state index contributed by atoms with van der Waals surface area (Å²) in [5, 5.41) is 9.10. The first-order chi connectivity index (χ1) is 14.2. The van der Waals surface area contributed by atoms with E-state index in [0.717, 1.165) is 35.5 Å². The highest BCUT2D eigenvalue weighted by Crippen LogP contribution is 2.34. The number of hydrogen-bond acceptors (Lipinski definition) is 2. The zero-order valence-corrected chi connectivity index (χ0v) is 17.9. The SMILES string of the molecule is C=CC/C=C\C=C/C(C)C(=C)n1c(C[PH]2=CC=CC=C2)nnc1-c1ccccc1. The van der Waals surface area contributed by atoms with Gasteiger partial charge in [-0.25, -0.2) is 0 Å². The summed E-state index contributed by atoms with van der Waals surface area (Å²) in [7, 11) is -0.771. The highest BCUT2D eigenvalue weighted by Gasteiger charge is 2.19. The topological polar surface area (TPSA) is 30.7 Å². The van der Waals surface area contributed by atoms with Gasteiger partial charge in [-0.15, -0.1) is 16.8 Å². The first-order valence-electron chi connectivity index (χ1n) is 9.87. The fourth-order valence-corrected chi connectivity index (χ4v) is 4.74. The maximum Gasteiger partial charge on any atom is 0.168 e. The molecule has 3 rings (SSSR count). The molecule has 0 radical (unpaired) electrons. The molecule has 2 aromatic rings. The Hall–Kier alpha value is -2.90. The maximum absolute atomic E-state index is 4.56. The molecule has 3 nitrogen and oxygen atoms in total. The van der Waals surface area contributed by atoms with Gasteiger partial charge in [0, 0.05) is 23.3 Å². The standard InChI is InChI=1S/C25H28N3P/c1-4-5-6-7-10-15-21(2)22(3)28-24(20-29-18-13-9-14-19-29)26-27-25(28)23-16-11-8-12-17-23/h4,6-19,21,29H,1,3,5,20H2,2H3/b7-6-,15-10-. The fourth-order valence-electron chi connectivity index (χ4n) is 3.08. The predicted octanol–water partition coefficient (Wildman–Crippen LogP) is 6.34. The van der Waals surface area contributed by atoms with E-state index in [1.807, 2.05) is 24.3 Å². The lowest BCUT2D eigenvalue weighted by atomic mass is 10.1. The largest absolute Gasteiger partial charge is 0.283 e. The van der Waals surface area contributed by atoms with Crippen molar-refractivity contribution in [1.82, 2.24) is 14.8 Å². The second kappa shape index (κ2) is 10.6. The van der Waals surface area contributed by atoms with E-state index in [2.05, 4.69) is 101 Å². The van der Waals surface area contributed by atoms with Crippen molar-refractivity contribution in [2.24, 2.45) is 5.92 Å². The minimum Gasteiger partial charge on any atom is -0.283 e. The van der Waals surface area contributed by atoms with Crippen LogP contribution in [-0.2, 0) is 6.16 Å². The van der Waals surface area contributed by atoms with Crippen LogP contribution in [0.15, 0.2) is 97.9 Å². The summed E-state index contributed by atoms with van der Waals surface area (Å²) in [6.45, 7) is 10.3. The number of aromatic nitrogens is 3. The third-order valence-electron chi connectivity index (χ3n) is 4.73. The van der Waals surface area contributed by atoms with Crippen LogP contribution in [0, 0.1) is 5.92 Å². The van der Waals surface area contributed by atoms with Crippen molar-refractivity contribution in [1.29, 1.82) is 0 Å². The van der Waals surface area contributed by atoms with Gasteiger partial charge in [0.05, 0.1) is 0 Å². The second-order valence-corrected chi connectivity index (χ2v) is 9.09. The molecule has 0 N–H and O–H groups in total. The van der Waals surface area contributed by atoms with E-state index in [0.29, 0.717) is 0 Å². The molecule has 2 atom stereocenters. The van der Waals surface area contributed by atoms with Crippen molar-refractivity contribution < 1.29 is 0 Å². The Labute approximate surface area is 174 Å². The number of nitrogens with zero attached hydrogens (tertiary/aromatic N) is 3. The molecule has 0 saturated heterocycles. The van der Waals surface area contributed by atoms with Crippen LogP contribution in [0.2, 0.25) is 0 Å². The normalized spacial score (nSPS) is 16.9. The van der Waals surface area contributed by atoms with Crippen molar-refractivity contribution >= 4 is 19.0 Å². The smallest absolute Gasteiger partial charge is 0.168 e. The van der Waals surface area contributed by atoms with Crippen LogP contribution in [-0.4, -0.2) is 20.6 Å². The van der Waals surface area contributed by atoms with E-state index in [-0.39, 0.29) is 5.92 Å². The van der Waals surface area contributed by atoms with E-state index in [1.165, 1.54) is 0 Å². The lowest BCUT2D eigenvalue weighted by Crippen LogP contribution is -2.09. The summed E-state index contributed by atoms with van der Waals surface area (Å²) in [5.74, 6) is 6.57. The molecule has 29 heavy (non-hydrogen) atoms. The Morgan fingerprint density at radius 2 is 1.97 bits per heavy atom. The molecule has 2 heterocycles. The van der Waals surface area contributed by atoms with E-state index >= 15 is 0 Å². The maximum atomic E-state index is 4.56. The summed E-state index contributed by atoms with van der Waals surface area (Å²) in [6.07, 6.45) is 18.3. The lowest BCUT2D eigenvalue weighted by molar-refractivity contribution is 0.848. The van der Waals surface area contributed by atoms with Gasteiger partial charge in [0.2, 0.25) is 0 Å². The first-order valence-corrected chi connectivity index (χ1v) is 11.7. The summed E-state index contributed by atoms with van der Waals surface area (Å²) in [5.41, 5.74) is 2.03. The van der Waals surface area contributed by atoms with Crippen LogP contribution in [0.25, 0.3) is 17.1 Å².